The standard InChI is InChI=1S/C12H25N3O2/c1-15(2)10-8-6-4-3-5-7-9-12(14-17)11-13-16/h11,16-17H,3-10H2,1-2H3/b13-11-,14-12+. The minimum absolute atomic E-state index is 0.431. The van der Waals surface area contributed by atoms with Gasteiger partial charge in [0.15, 0.2) is 0 Å². The van der Waals surface area contributed by atoms with Crippen molar-refractivity contribution in [1.82, 2.24) is 4.90 Å². The van der Waals surface area contributed by atoms with Gasteiger partial charge in [0.2, 0.25) is 0 Å². The molecule has 0 aromatic carbocycles. The summed E-state index contributed by atoms with van der Waals surface area (Å²) in [4.78, 5) is 2.21. The van der Waals surface area contributed by atoms with E-state index in [0.717, 1.165) is 19.4 Å². The molecule has 0 unspecified atom stereocenters. The minimum Gasteiger partial charge on any atom is -0.411 e. The molecule has 0 bridgehead atoms. The maximum atomic E-state index is 8.56. The maximum absolute atomic E-state index is 8.56. The number of rotatable bonds is 10. The molecule has 0 heterocycles. The second-order valence-electron chi connectivity index (χ2n) is 4.51. The van der Waals surface area contributed by atoms with Crippen molar-refractivity contribution in [3.63, 3.8) is 0 Å². The fourth-order valence-corrected chi connectivity index (χ4v) is 1.65. The fraction of sp³-hybridized carbons (Fsp3) is 0.833. The molecule has 0 saturated carbocycles. The van der Waals surface area contributed by atoms with E-state index in [1.165, 1.54) is 31.9 Å². The van der Waals surface area contributed by atoms with Gasteiger partial charge in [0.1, 0.15) is 5.71 Å². The molecule has 0 aromatic rings. The van der Waals surface area contributed by atoms with Gasteiger partial charge in [0.25, 0.3) is 0 Å². The van der Waals surface area contributed by atoms with Gasteiger partial charge in [-0.1, -0.05) is 36.0 Å². The first-order valence-electron chi connectivity index (χ1n) is 6.23. The van der Waals surface area contributed by atoms with Gasteiger partial charge < -0.3 is 15.3 Å². The summed E-state index contributed by atoms with van der Waals surface area (Å²) < 4.78 is 0. The second kappa shape index (κ2) is 11.4. The largest absolute Gasteiger partial charge is 0.411 e. The van der Waals surface area contributed by atoms with E-state index in [-0.39, 0.29) is 0 Å². The highest BCUT2D eigenvalue weighted by Crippen LogP contribution is 2.07. The minimum atomic E-state index is 0.431. The Bertz CT molecular complexity index is 228. The van der Waals surface area contributed by atoms with Gasteiger partial charge in [0.05, 0.1) is 6.21 Å². The Morgan fingerprint density at radius 2 is 1.59 bits per heavy atom. The Morgan fingerprint density at radius 1 is 1.00 bits per heavy atom. The second-order valence-corrected chi connectivity index (χ2v) is 4.51. The van der Waals surface area contributed by atoms with E-state index in [2.05, 4.69) is 29.3 Å². The third-order valence-corrected chi connectivity index (χ3v) is 2.62. The molecule has 0 aliphatic heterocycles. The summed E-state index contributed by atoms with van der Waals surface area (Å²) in [5, 5.41) is 22.7. The van der Waals surface area contributed by atoms with Gasteiger partial charge in [-0.25, -0.2) is 0 Å². The van der Waals surface area contributed by atoms with Gasteiger partial charge in [0, 0.05) is 0 Å². The molecule has 0 aliphatic rings. The summed E-state index contributed by atoms with van der Waals surface area (Å²) in [5.74, 6) is 0. The Balaban J connectivity index is 3.29. The molecule has 0 amide bonds. The molecule has 17 heavy (non-hydrogen) atoms. The van der Waals surface area contributed by atoms with E-state index in [4.69, 9.17) is 10.4 Å². The van der Waals surface area contributed by atoms with E-state index >= 15 is 0 Å². The van der Waals surface area contributed by atoms with E-state index in [1.807, 2.05) is 0 Å². The van der Waals surface area contributed by atoms with Crippen molar-refractivity contribution < 1.29 is 10.4 Å². The smallest absolute Gasteiger partial charge is 0.101 e. The molecule has 0 fully saturated rings. The van der Waals surface area contributed by atoms with Crippen LogP contribution in [0.2, 0.25) is 0 Å². The third kappa shape index (κ3) is 11.2. The van der Waals surface area contributed by atoms with Crippen LogP contribution in [0, 0.1) is 0 Å². The highest BCUT2D eigenvalue weighted by molar-refractivity contribution is 6.30. The van der Waals surface area contributed by atoms with Crippen molar-refractivity contribution in [2.24, 2.45) is 10.3 Å². The molecule has 100 valence electrons. The Kier molecular flexibility index (Phi) is 10.7. The number of hydrogen-bond acceptors (Lipinski definition) is 5. The Labute approximate surface area is 104 Å². The highest BCUT2D eigenvalue weighted by Gasteiger charge is 1.97. The molecule has 0 radical (unpaired) electrons. The number of oxime groups is 2. The molecule has 5 heteroatoms. The molecule has 0 atom stereocenters. The van der Waals surface area contributed by atoms with Gasteiger partial charge in [-0.05, 0) is 39.9 Å². The summed E-state index contributed by atoms with van der Waals surface area (Å²) in [6, 6.07) is 0. The maximum Gasteiger partial charge on any atom is 0.101 e. The fourth-order valence-electron chi connectivity index (χ4n) is 1.65. The molecule has 0 spiro atoms. The van der Waals surface area contributed by atoms with Crippen LogP contribution in [0.5, 0.6) is 0 Å². The van der Waals surface area contributed by atoms with E-state index < -0.39 is 0 Å². The molecular weight excluding hydrogens is 218 g/mol. The van der Waals surface area contributed by atoms with Crippen LogP contribution >= 0.6 is 0 Å². The first-order valence-corrected chi connectivity index (χ1v) is 6.23. The lowest BCUT2D eigenvalue weighted by Crippen LogP contribution is -2.12. The molecule has 5 nitrogen and oxygen atoms in total. The zero-order chi connectivity index (χ0) is 12.9. The van der Waals surface area contributed by atoms with Crippen LogP contribution in [-0.2, 0) is 0 Å². The van der Waals surface area contributed by atoms with Crippen molar-refractivity contribution in [3.8, 4) is 0 Å². The quantitative estimate of drug-likeness (QED) is 0.268. The first kappa shape index (κ1) is 15.9. The monoisotopic (exact) mass is 243 g/mol. The van der Waals surface area contributed by atoms with Gasteiger partial charge >= 0.3 is 0 Å². The SMILES string of the molecule is CN(C)CCCCCCCCC(/C=N\O)=N\O. The van der Waals surface area contributed by atoms with Crippen LogP contribution in [0.4, 0.5) is 0 Å². The topological polar surface area (TPSA) is 68.4 Å². The summed E-state index contributed by atoms with van der Waals surface area (Å²) in [5.41, 5.74) is 0.431. The van der Waals surface area contributed by atoms with Crippen LogP contribution in [0.1, 0.15) is 44.9 Å². The van der Waals surface area contributed by atoms with Crippen molar-refractivity contribution in [2.75, 3.05) is 20.6 Å². The number of hydrogen-bond donors (Lipinski definition) is 2. The van der Waals surface area contributed by atoms with Crippen molar-refractivity contribution in [3.05, 3.63) is 0 Å². The Morgan fingerprint density at radius 3 is 2.12 bits per heavy atom. The van der Waals surface area contributed by atoms with Gasteiger partial charge in [-0.3, -0.25) is 0 Å². The summed E-state index contributed by atoms with van der Waals surface area (Å²) >= 11 is 0. The van der Waals surface area contributed by atoms with Crippen molar-refractivity contribution in [2.45, 2.75) is 44.9 Å². The average molecular weight is 243 g/mol. The predicted molar refractivity (Wildman–Crippen MR) is 70.4 cm³/mol. The molecule has 0 saturated heterocycles. The summed E-state index contributed by atoms with van der Waals surface area (Å²) in [6.45, 7) is 1.16. The van der Waals surface area contributed by atoms with Crippen LogP contribution < -0.4 is 0 Å². The van der Waals surface area contributed by atoms with Crippen LogP contribution in [0.3, 0.4) is 0 Å². The zero-order valence-electron chi connectivity index (χ0n) is 11.0. The number of nitrogens with zero attached hydrogens (tertiary/aromatic N) is 3. The molecule has 0 aromatic heterocycles. The van der Waals surface area contributed by atoms with E-state index in [9.17, 15) is 0 Å². The van der Waals surface area contributed by atoms with Gasteiger partial charge in [-0.15, -0.1) is 0 Å². The number of unbranched alkanes of at least 4 members (excludes halogenated alkanes) is 5. The lowest BCUT2D eigenvalue weighted by molar-refractivity contribution is 0.314. The Hall–Kier alpha value is -1.10. The molecule has 0 rings (SSSR count). The lowest BCUT2D eigenvalue weighted by Gasteiger charge is -2.08. The normalized spacial score (nSPS) is 12.8. The first-order chi connectivity index (χ1) is 8.20. The van der Waals surface area contributed by atoms with Crippen LogP contribution in [-0.4, -0.2) is 47.9 Å². The van der Waals surface area contributed by atoms with Crippen LogP contribution in [0.25, 0.3) is 0 Å². The van der Waals surface area contributed by atoms with E-state index in [1.54, 1.807) is 0 Å². The van der Waals surface area contributed by atoms with E-state index in [0.29, 0.717) is 12.1 Å². The lowest BCUT2D eigenvalue weighted by atomic mass is 10.1. The predicted octanol–water partition coefficient (Wildman–Crippen LogP) is 2.57. The summed E-state index contributed by atoms with van der Waals surface area (Å²) in [7, 11) is 4.19. The van der Waals surface area contributed by atoms with Crippen molar-refractivity contribution in [1.29, 1.82) is 0 Å². The molecule has 0 aliphatic carbocycles. The molecule has 2 N–H and O–H groups in total. The van der Waals surface area contributed by atoms with Crippen LogP contribution in [0.15, 0.2) is 10.3 Å². The highest BCUT2D eigenvalue weighted by atomic mass is 16.4. The summed E-state index contributed by atoms with van der Waals surface area (Å²) in [6.07, 6.45) is 8.94. The van der Waals surface area contributed by atoms with Gasteiger partial charge in [-0.2, -0.15) is 0 Å². The average Bonchev–Trinajstić information content (AvgIpc) is 2.30. The third-order valence-electron chi connectivity index (χ3n) is 2.62. The van der Waals surface area contributed by atoms with Crippen molar-refractivity contribution >= 4 is 11.9 Å². The zero-order valence-corrected chi connectivity index (χ0v) is 11.0. The molecular formula is C12H25N3O2.